The van der Waals surface area contributed by atoms with Gasteiger partial charge in [0.15, 0.2) is 0 Å². The van der Waals surface area contributed by atoms with Gasteiger partial charge in [-0.2, -0.15) is 0 Å². The van der Waals surface area contributed by atoms with Gasteiger partial charge in [-0.05, 0) is 37.3 Å². The van der Waals surface area contributed by atoms with Crippen molar-refractivity contribution in [2.24, 2.45) is 0 Å². The van der Waals surface area contributed by atoms with Gasteiger partial charge in [0.2, 0.25) is 0 Å². The summed E-state index contributed by atoms with van der Waals surface area (Å²) in [5, 5.41) is 10.8. The second-order valence-corrected chi connectivity index (χ2v) is 6.78. The van der Waals surface area contributed by atoms with Gasteiger partial charge in [-0.15, -0.1) is 11.3 Å². The van der Waals surface area contributed by atoms with Crippen molar-refractivity contribution in [2.45, 2.75) is 43.4 Å². The first-order valence-electron chi connectivity index (χ1n) is 6.84. The van der Waals surface area contributed by atoms with Crippen molar-refractivity contribution in [1.82, 2.24) is 4.98 Å². The van der Waals surface area contributed by atoms with Crippen molar-refractivity contribution in [3.8, 4) is 0 Å². The Kier molecular flexibility index (Phi) is 2.28. The highest BCUT2D eigenvalue weighted by Crippen LogP contribution is 2.49. The molecule has 2 saturated carbocycles. The van der Waals surface area contributed by atoms with Crippen LogP contribution in [0, 0.1) is 0 Å². The number of nitrogens with zero attached hydrogens (tertiary/aromatic N) is 1. The molecule has 2 aliphatic carbocycles. The number of fused-ring (bicyclic) bond motifs is 1. The van der Waals surface area contributed by atoms with Crippen LogP contribution in [0.25, 0.3) is 10.2 Å². The van der Waals surface area contributed by atoms with E-state index in [1.807, 2.05) is 12.1 Å². The molecule has 1 N–H and O–H groups in total. The van der Waals surface area contributed by atoms with Crippen molar-refractivity contribution in [2.75, 3.05) is 0 Å². The third kappa shape index (κ3) is 1.56. The summed E-state index contributed by atoms with van der Waals surface area (Å²) < 4.78 is 1.15. The van der Waals surface area contributed by atoms with Gasteiger partial charge in [0.05, 0.1) is 20.6 Å². The minimum absolute atomic E-state index is 0.632. The summed E-state index contributed by atoms with van der Waals surface area (Å²) >= 11 is 1.74. The lowest BCUT2D eigenvalue weighted by Gasteiger charge is -2.38. The minimum atomic E-state index is -0.688. The molecule has 4 rings (SSSR count). The lowest BCUT2D eigenvalue weighted by molar-refractivity contribution is -0.147. The zero-order valence-electron chi connectivity index (χ0n) is 10.6. The second kappa shape index (κ2) is 3.79. The molecular formula is C15H15NO2S. The lowest BCUT2D eigenvalue weighted by atomic mass is 9.64. The monoisotopic (exact) mass is 273 g/mol. The molecule has 4 heteroatoms. The first kappa shape index (κ1) is 11.4. The highest BCUT2D eigenvalue weighted by atomic mass is 32.1. The van der Waals surface area contributed by atoms with Crippen molar-refractivity contribution >= 4 is 27.5 Å². The number of hydrogen-bond donors (Lipinski definition) is 1. The quantitative estimate of drug-likeness (QED) is 0.928. The molecule has 19 heavy (non-hydrogen) atoms. The van der Waals surface area contributed by atoms with E-state index in [4.69, 9.17) is 4.98 Å². The molecule has 1 aromatic heterocycles. The number of hydrogen-bond acceptors (Lipinski definition) is 3. The van der Waals surface area contributed by atoms with Crippen LogP contribution in [0.4, 0.5) is 0 Å². The molecule has 0 atom stereocenters. The molecule has 0 saturated heterocycles. The molecule has 2 fully saturated rings. The molecule has 3 nitrogen and oxygen atoms in total. The van der Waals surface area contributed by atoms with Gasteiger partial charge in [0.25, 0.3) is 0 Å². The maximum atomic E-state index is 11.7. The Balaban J connectivity index is 1.91. The highest BCUT2D eigenvalue weighted by Gasteiger charge is 2.47. The molecule has 2 aliphatic rings. The van der Waals surface area contributed by atoms with Crippen LogP contribution < -0.4 is 0 Å². The number of aliphatic carboxylic acids is 1. The Morgan fingerprint density at radius 3 is 2.74 bits per heavy atom. The van der Waals surface area contributed by atoms with Crippen molar-refractivity contribution in [3.63, 3.8) is 0 Å². The second-order valence-electron chi connectivity index (χ2n) is 5.72. The van der Waals surface area contributed by atoms with Gasteiger partial charge < -0.3 is 5.11 Å². The number of rotatable bonds is 3. The summed E-state index contributed by atoms with van der Waals surface area (Å²) in [7, 11) is 0. The average molecular weight is 273 g/mol. The molecule has 0 spiro atoms. The summed E-state index contributed by atoms with van der Waals surface area (Å²) in [5.74, 6) is -0.0559. The maximum absolute atomic E-state index is 11.7. The summed E-state index contributed by atoms with van der Waals surface area (Å²) in [5.41, 5.74) is 1.21. The van der Waals surface area contributed by atoms with Crippen LogP contribution in [-0.4, -0.2) is 16.1 Å². The van der Waals surface area contributed by atoms with E-state index in [0.29, 0.717) is 5.92 Å². The molecule has 2 aromatic rings. The summed E-state index contributed by atoms with van der Waals surface area (Å²) in [4.78, 5) is 16.4. The van der Waals surface area contributed by atoms with Crippen LogP contribution in [-0.2, 0) is 10.2 Å². The van der Waals surface area contributed by atoms with Crippen LogP contribution in [0.5, 0.6) is 0 Å². The van der Waals surface area contributed by atoms with Gasteiger partial charge in [-0.1, -0.05) is 18.6 Å². The third-order valence-corrected chi connectivity index (χ3v) is 5.68. The number of para-hydroxylation sites is 1. The van der Waals surface area contributed by atoms with Crippen molar-refractivity contribution < 1.29 is 9.90 Å². The Bertz CT molecular complexity index is 668. The number of carboxylic acid groups (broad SMARTS) is 1. The van der Waals surface area contributed by atoms with E-state index in [2.05, 4.69) is 6.07 Å². The number of aromatic nitrogens is 1. The molecule has 0 aliphatic heterocycles. The molecule has 1 aromatic carbocycles. The average Bonchev–Trinajstić information content (AvgIpc) is 3.07. The van der Waals surface area contributed by atoms with Crippen LogP contribution >= 0.6 is 11.3 Å². The molecule has 0 amide bonds. The van der Waals surface area contributed by atoms with Crippen molar-refractivity contribution in [3.05, 3.63) is 28.8 Å². The van der Waals surface area contributed by atoms with E-state index in [1.54, 1.807) is 11.3 Å². The SMILES string of the molecule is O=C(O)C1(c2cccc3sc(C4CC4)nc23)CCC1. The van der Waals surface area contributed by atoms with E-state index in [9.17, 15) is 9.90 Å². The van der Waals surface area contributed by atoms with E-state index in [1.165, 1.54) is 17.8 Å². The van der Waals surface area contributed by atoms with Gasteiger partial charge >= 0.3 is 5.97 Å². The molecular weight excluding hydrogens is 258 g/mol. The Morgan fingerprint density at radius 2 is 2.16 bits per heavy atom. The van der Waals surface area contributed by atoms with Crippen LogP contribution in [0.3, 0.4) is 0 Å². The van der Waals surface area contributed by atoms with Crippen LogP contribution in [0.15, 0.2) is 18.2 Å². The zero-order chi connectivity index (χ0) is 13.0. The van der Waals surface area contributed by atoms with Gasteiger partial charge in [0, 0.05) is 5.92 Å². The normalized spacial score (nSPS) is 21.3. The van der Waals surface area contributed by atoms with Gasteiger partial charge in [-0.25, -0.2) is 4.98 Å². The zero-order valence-corrected chi connectivity index (χ0v) is 11.4. The van der Waals surface area contributed by atoms with Crippen molar-refractivity contribution in [1.29, 1.82) is 0 Å². The number of thiazole rings is 1. The first-order chi connectivity index (χ1) is 9.21. The molecule has 98 valence electrons. The van der Waals surface area contributed by atoms with E-state index < -0.39 is 11.4 Å². The number of carboxylic acids is 1. The minimum Gasteiger partial charge on any atom is -0.481 e. The topological polar surface area (TPSA) is 50.2 Å². The Morgan fingerprint density at radius 1 is 1.37 bits per heavy atom. The first-order valence-corrected chi connectivity index (χ1v) is 7.66. The number of benzene rings is 1. The standard InChI is InChI=1S/C15H15NO2S/c17-14(18)15(7-2-8-15)10-3-1-4-11-12(10)16-13(19-11)9-5-6-9/h1,3-4,9H,2,5-8H2,(H,17,18). The lowest BCUT2D eigenvalue weighted by Crippen LogP contribution is -2.42. The molecule has 0 bridgehead atoms. The summed E-state index contributed by atoms with van der Waals surface area (Å²) in [6.07, 6.45) is 4.97. The van der Waals surface area contributed by atoms with Crippen LogP contribution in [0.1, 0.15) is 48.6 Å². The fourth-order valence-corrected chi connectivity index (χ4v) is 4.15. The number of carbonyl (C=O) groups is 1. The van der Waals surface area contributed by atoms with E-state index in [0.717, 1.165) is 35.0 Å². The third-order valence-electron chi connectivity index (χ3n) is 4.49. The van der Waals surface area contributed by atoms with Gasteiger partial charge in [0.1, 0.15) is 0 Å². The largest absolute Gasteiger partial charge is 0.481 e. The smallest absolute Gasteiger partial charge is 0.314 e. The van der Waals surface area contributed by atoms with E-state index in [-0.39, 0.29) is 0 Å². The van der Waals surface area contributed by atoms with Gasteiger partial charge in [-0.3, -0.25) is 4.79 Å². The fraction of sp³-hybridized carbons (Fsp3) is 0.467. The predicted molar refractivity (Wildman–Crippen MR) is 74.8 cm³/mol. The van der Waals surface area contributed by atoms with Crippen LogP contribution in [0.2, 0.25) is 0 Å². The Hall–Kier alpha value is -1.42. The Labute approximate surface area is 115 Å². The molecule has 0 radical (unpaired) electrons. The molecule has 0 unspecified atom stereocenters. The predicted octanol–water partition coefficient (Wildman–Crippen LogP) is 3.68. The van der Waals surface area contributed by atoms with E-state index >= 15 is 0 Å². The fourth-order valence-electron chi connectivity index (χ4n) is 2.99. The summed E-state index contributed by atoms with van der Waals surface area (Å²) in [6, 6.07) is 6.01. The maximum Gasteiger partial charge on any atom is 0.314 e. The highest BCUT2D eigenvalue weighted by molar-refractivity contribution is 7.18. The summed E-state index contributed by atoms with van der Waals surface area (Å²) in [6.45, 7) is 0. The molecule has 1 heterocycles.